The van der Waals surface area contributed by atoms with Crippen molar-refractivity contribution in [1.82, 2.24) is 0 Å². The van der Waals surface area contributed by atoms with Gasteiger partial charge in [0.05, 0.1) is 7.11 Å². The van der Waals surface area contributed by atoms with Crippen LogP contribution in [-0.4, -0.2) is 18.2 Å². The van der Waals surface area contributed by atoms with Gasteiger partial charge in [0.1, 0.15) is 0 Å². The van der Waals surface area contributed by atoms with E-state index in [4.69, 9.17) is 0 Å². The third-order valence-corrected chi connectivity index (χ3v) is 2.37. The number of hydrogen-bond acceptors (Lipinski definition) is 3. The third kappa shape index (κ3) is 1.93. The van der Waals surface area contributed by atoms with Crippen molar-refractivity contribution in [2.75, 3.05) is 7.11 Å². The van der Waals surface area contributed by atoms with Crippen LogP contribution in [0, 0.1) is 13.8 Å². The average molecular weight is 194 g/mol. The van der Waals surface area contributed by atoms with Crippen molar-refractivity contribution in [2.24, 2.45) is 0 Å². The largest absolute Gasteiger partial charge is 0.467 e. The van der Waals surface area contributed by atoms with Gasteiger partial charge in [-0.15, -0.1) is 0 Å². The minimum atomic E-state index is -1.18. The van der Waals surface area contributed by atoms with Gasteiger partial charge in [-0.3, -0.25) is 0 Å². The molecule has 0 unspecified atom stereocenters. The monoisotopic (exact) mass is 194 g/mol. The van der Waals surface area contributed by atoms with Crippen LogP contribution in [0.15, 0.2) is 18.2 Å². The number of hydrogen-bond donors (Lipinski definition) is 1. The number of aliphatic hydroxyl groups excluding tert-OH is 1. The fourth-order valence-electron chi connectivity index (χ4n) is 1.31. The summed E-state index contributed by atoms with van der Waals surface area (Å²) in [6, 6.07) is 5.47. The molecular weight excluding hydrogens is 180 g/mol. The maximum absolute atomic E-state index is 11.1. The zero-order chi connectivity index (χ0) is 10.7. The highest BCUT2D eigenvalue weighted by molar-refractivity contribution is 5.76. The lowest BCUT2D eigenvalue weighted by Crippen LogP contribution is -2.14. The minimum absolute atomic E-state index is 0.608. The van der Waals surface area contributed by atoms with E-state index in [1.165, 1.54) is 7.11 Å². The molecule has 0 aliphatic carbocycles. The first-order chi connectivity index (χ1) is 6.57. The lowest BCUT2D eigenvalue weighted by atomic mass is 9.99. The van der Waals surface area contributed by atoms with Gasteiger partial charge in [-0.05, 0) is 30.5 Å². The highest BCUT2D eigenvalue weighted by Crippen LogP contribution is 2.20. The summed E-state index contributed by atoms with van der Waals surface area (Å²) in [4.78, 5) is 11.1. The summed E-state index contributed by atoms with van der Waals surface area (Å²) < 4.78 is 4.47. The SMILES string of the molecule is COC(=O)[C@@H](O)c1cccc(C)c1C. The number of carbonyl (C=O) groups excluding carboxylic acids is 1. The van der Waals surface area contributed by atoms with E-state index in [0.717, 1.165) is 11.1 Å². The van der Waals surface area contributed by atoms with E-state index in [9.17, 15) is 9.90 Å². The van der Waals surface area contributed by atoms with Gasteiger partial charge < -0.3 is 9.84 Å². The quantitative estimate of drug-likeness (QED) is 0.726. The Bertz CT molecular complexity index is 344. The van der Waals surface area contributed by atoms with Gasteiger partial charge in [-0.25, -0.2) is 4.79 Å². The predicted molar refractivity (Wildman–Crippen MR) is 52.9 cm³/mol. The second kappa shape index (κ2) is 4.24. The molecule has 0 bridgehead atoms. The van der Waals surface area contributed by atoms with Crippen LogP contribution in [0.4, 0.5) is 0 Å². The van der Waals surface area contributed by atoms with Gasteiger partial charge in [0, 0.05) is 0 Å². The number of aryl methyl sites for hydroxylation is 1. The Morgan fingerprint density at radius 3 is 2.64 bits per heavy atom. The molecule has 76 valence electrons. The smallest absolute Gasteiger partial charge is 0.339 e. The summed E-state index contributed by atoms with van der Waals surface area (Å²) in [5, 5.41) is 9.62. The van der Waals surface area contributed by atoms with Crippen LogP contribution in [0.3, 0.4) is 0 Å². The minimum Gasteiger partial charge on any atom is -0.467 e. The van der Waals surface area contributed by atoms with Crippen molar-refractivity contribution >= 4 is 5.97 Å². The van der Waals surface area contributed by atoms with Crippen LogP contribution in [0.2, 0.25) is 0 Å². The zero-order valence-electron chi connectivity index (χ0n) is 8.57. The molecule has 14 heavy (non-hydrogen) atoms. The number of esters is 1. The number of benzene rings is 1. The molecule has 0 radical (unpaired) electrons. The maximum Gasteiger partial charge on any atom is 0.339 e. The molecule has 0 saturated heterocycles. The number of methoxy groups -OCH3 is 1. The normalized spacial score (nSPS) is 12.3. The number of carbonyl (C=O) groups is 1. The summed E-state index contributed by atoms with van der Waals surface area (Å²) in [6.07, 6.45) is -1.18. The first-order valence-corrected chi connectivity index (χ1v) is 4.40. The van der Waals surface area contributed by atoms with Gasteiger partial charge in [0.2, 0.25) is 0 Å². The van der Waals surface area contributed by atoms with Crippen LogP contribution < -0.4 is 0 Å². The fraction of sp³-hybridized carbons (Fsp3) is 0.364. The molecule has 1 atom stereocenters. The molecule has 1 aromatic carbocycles. The molecule has 0 aromatic heterocycles. The van der Waals surface area contributed by atoms with Crippen molar-refractivity contribution in [1.29, 1.82) is 0 Å². The first kappa shape index (κ1) is 10.7. The van der Waals surface area contributed by atoms with Crippen LogP contribution in [0.5, 0.6) is 0 Å². The van der Waals surface area contributed by atoms with Crippen molar-refractivity contribution < 1.29 is 14.6 Å². The summed E-state index contributed by atoms with van der Waals surface area (Å²) in [5.74, 6) is -0.626. The number of rotatable bonds is 2. The predicted octanol–water partition coefficient (Wildman–Crippen LogP) is 1.51. The molecule has 1 rings (SSSR count). The number of aliphatic hydroxyl groups is 1. The average Bonchev–Trinajstić information content (AvgIpc) is 2.20. The molecule has 0 aliphatic rings. The molecule has 0 amide bonds. The Balaban J connectivity index is 3.07. The summed E-state index contributed by atoms with van der Waals surface area (Å²) in [5.41, 5.74) is 2.58. The summed E-state index contributed by atoms with van der Waals surface area (Å²) in [7, 11) is 1.26. The molecule has 3 heteroatoms. The van der Waals surface area contributed by atoms with E-state index in [2.05, 4.69) is 4.74 Å². The third-order valence-electron chi connectivity index (χ3n) is 2.37. The highest BCUT2D eigenvalue weighted by Gasteiger charge is 2.19. The molecule has 0 saturated carbocycles. The van der Waals surface area contributed by atoms with Crippen molar-refractivity contribution in [3.63, 3.8) is 0 Å². The molecule has 1 aromatic rings. The van der Waals surface area contributed by atoms with Gasteiger partial charge in [-0.1, -0.05) is 18.2 Å². The molecular formula is C11H14O3. The second-order valence-electron chi connectivity index (χ2n) is 3.21. The molecule has 0 heterocycles. The van der Waals surface area contributed by atoms with E-state index < -0.39 is 12.1 Å². The molecule has 3 nitrogen and oxygen atoms in total. The van der Waals surface area contributed by atoms with Gasteiger partial charge in [0.25, 0.3) is 0 Å². The Morgan fingerprint density at radius 2 is 2.07 bits per heavy atom. The van der Waals surface area contributed by atoms with E-state index in [0.29, 0.717) is 5.56 Å². The van der Waals surface area contributed by atoms with Crippen LogP contribution in [0.1, 0.15) is 22.8 Å². The van der Waals surface area contributed by atoms with Crippen LogP contribution in [0.25, 0.3) is 0 Å². The van der Waals surface area contributed by atoms with E-state index in [-0.39, 0.29) is 0 Å². The standard InChI is InChI=1S/C11H14O3/c1-7-5-4-6-9(8(7)2)10(12)11(13)14-3/h4-6,10,12H,1-3H3/t10-/m0/s1. The van der Waals surface area contributed by atoms with Crippen molar-refractivity contribution in [2.45, 2.75) is 20.0 Å². The van der Waals surface area contributed by atoms with Gasteiger partial charge in [0.15, 0.2) is 6.10 Å². The molecule has 1 N–H and O–H groups in total. The van der Waals surface area contributed by atoms with E-state index >= 15 is 0 Å². The lowest BCUT2D eigenvalue weighted by Gasteiger charge is -2.12. The Hall–Kier alpha value is -1.35. The van der Waals surface area contributed by atoms with E-state index in [1.807, 2.05) is 26.0 Å². The first-order valence-electron chi connectivity index (χ1n) is 4.40. The molecule has 0 fully saturated rings. The lowest BCUT2D eigenvalue weighted by molar-refractivity contribution is -0.150. The highest BCUT2D eigenvalue weighted by atomic mass is 16.5. The van der Waals surface area contributed by atoms with Crippen LogP contribution >= 0.6 is 0 Å². The maximum atomic E-state index is 11.1. The van der Waals surface area contributed by atoms with Gasteiger partial charge in [-0.2, -0.15) is 0 Å². The Kier molecular flexibility index (Phi) is 3.25. The summed E-state index contributed by atoms with van der Waals surface area (Å²) >= 11 is 0. The van der Waals surface area contributed by atoms with E-state index in [1.54, 1.807) is 6.07 Å². The Labute approximate surface area is 83.3 Å². The zero-order valence-corrected chi connectivity index (χ0v) is 8.57. The van der Waals surface area contributed by atoms with Crippen molar-refractivity contribution in [3.05, 3.63) is 34.9 Å². The van der Waals surface area contributed by atoms with Gasteiger partial charge >= 0.3 is 5.97 Å². The Morgan fingerprint density at radius 1 is 1.43 bits per heavy atom. The summed E-state index contributed by atoms with van der Waals surface area (Å²) in [6.45, 7) is 3.81. The fourth-order valence-corrected chi connectivity index (χ4v) is 1.31. The molecule has 0 aliphatic heterocycles. The van der Waals surface area contributed by atoms with Crippen molar-refractivity contribution in [3.8, 4) is 0 Å². The van der Waals surface area contributed by atoms with Crippen LogP contribution in [-0.2, 0) is 9.53 Å². The molecule has 0 spiro atoms. The topological polar surface area (TPSA) is 46.5 Å². The second-order valence-corrected chi connectivity index (χ2v) is 3.21. The number of ether oxygens (including phenoxy) is 1.